The summed E-state index contributed by atoms with van der Waals surface area (Å²) in [5, 5.41) is 9.14. The summed E-state index contributed by atoms with van der Waals surface area (Å²) in [7, 11) is 0. The summed E-state index contributed by atoms with van der Waals surface area (Å²) in [4.78, 5) is 0. The van der Waals surface area contributed by atoms with E-state index in [2.05, 4.69) is 20.8 Å². The zero-order valence-corrected chi connectivity index (χ0v) is 8.19. The zero-order chi connectivity index (χ0) is 8.74. The first-order valence-electron chi connectivity index (χ1n) is 4.79. The van der Waals surface area contributed by atoms with E-state index in [0.29, 0.717) is 6.61 Å². The minimum atomic E-state index is 0.199. The Kier molecular flexibility index (Phi) is 5.57. The first-order valence-corrected chi connectivity index (χ1v) is 4.79. The van der Waals surface area contributed by atoms with E-state index in [1.165, 1.54) is 25.7 Å². The van der Waals surface area contributed by atoms with E-state index in [1.807, 2.05) is 0 Å². The lowest BCUT2D eigenvalue weighted by Gasteiger charge is -2.26. The molecule has 0 saturated carbocycles. The van der Waals surface area contributed by atoms with Crippen LogP contribution in [0.25, 0.3) is 0 Å². The minimum Gasteiger partial charge on any atom is -0.396 e. The molecule has 11 heavy (non-hydrogen) atoms. The van der Waals surface area contributed by atoms with Gasteiger partial charge in [0, 0.05) is 6.61 Å². The highest BCUT2D eigenvalue weighted by molar-refractivity contribution is 4.72. The van der Waals surface area contributed by atoms with Crippen molar-refractivity contribution in [1.29, 1.82) is 0 Å². The monoisotopic (exact) mass is 158 g/mol. The molecule has 0 radical (unpaired) electrons. The Balaban J connectivity index is 3.68. The molecule has 0 aromatic heterocycles. The van der Waals surface area contributed by atoms with Crippen molar-refractivity contribution in [1.82, 2.24) is 0 Å². The van der Waals surface area contributed by atoms with E-state index >= 15 is 0 Å². The van der Waals surface area contributed by atoms with Crippen molar-refractivity contribution in [3.8, 4) is 0 Å². The molecule has 0 heterocycles. The molecule has 1 nitrogen and oxygen atoms in total. The molecule has 1 N–H and O–H groups in total. The van der Waals surface area contributed by atoms with Gasteiger partial charge in [0.15, 0.2) is 0 Å². The van der Waals surface area contributed by atoms with Crippen molar-refractivity contribution < 1.29 is 5.11 Å². The fourth-order valence-electron chi connectivity index (χ4n) is 1.49. The summed E-state index contributed by atoms with van der Waals surface area (Å²) in [6.45, 7) is 6.91. The van der Waals surface area contributed by atoms with Crippen LogP contribution in [0.5, 0.6) is 0 Å². The molecule has 68 valence electrons. The van der Waals surface area contributed by atoms with Gasteiger partial charge in [0.05, 0.1) is 0 Å². The summed E-state index contributed by atoms with van der Waals surface area (Å²) in [5.74, 6) is 0. The number of rotatable bonds is 6. The van der Waals surface area contributed by atoms with E-state index in [0.717, 1.165) is 6.42 Å². The second-order valence-corrected chi connectivity index (χ2v) is 3.82. The van der Waals surface area contributed by atoms with Crippen LogP contribution in [0.4, 0.5) is 0 Å². The molecular weight excluding hydrogens is 136 g/mol. The van der Waals surface area contributed by atoms with Crippen LogP contribution in [0.2, 0.25) is 0 Å². The lowest BCUT2D eigenvalue weighted by molar-refractivity contribution is 0.119. The molecule has 1 atom stereocenters. The van der Waals surface area contributed by atoms with Crippen molar-refractivity contribution in [2.24, 2.45) is 5.41 Å². The van der Waals surface area contributed by atoms with E-state index in [1.54, 1.807) is 0 Å². The molecule has 0 aromatic carbocycles. The van der Waals surface area contributed by atoms with Crippen molar-refractivity contribution in [3.05, 3.63) is 0 Å². The minimum absolute atomic E-state index is 0.199. The topological polar surface area (TPSA) is 20.2 Å². The second kappa shape index (κ2) is 5.59. The fraction of sp³-hybridized carbons (Fsp3) is 1.00. The number of aliphatic hydroxyl groups is 1. The molecule has 0 aromatic rings. The normalized spacial score (nSPS) is 16.4. The third kappa shape index (κ3) is 4.41. The highest BCUT2D eigenvalue weighted by atomic mass is 16.3. The first kappa shape index (κ1) is 11.0. The predicted octanol–water partition coefficient (Wildman–Crippen LogP) is 2.98. The van der Waals surface area contributed by atoms with Gasteiger partial charge in [-0.1, -0.05) is 40.0 Å². The number of hydrogen-bond donors (Lipinski definition) is 1. The summed E-state index contributed by atoms with van der Waals surface area (Å²) in [6, 6.07) is 0. The molecule has 0 rings (SSSR count). The number of hydrogen-bond acceptors (Lipinski definition) is 1. The van der Waals surface area contributed by atoms with Crippen LogP contribution in [0, 0.1) is 5.41 Å². The molecular formula is C10H22O. The molecule has 0 saturated heterocycles. The van der Waals surface area contributed by atoms with Gasteiger partial charge in [0.25, 0.3) is 0 Å². The fourth-order valence-corrected chi connectivity index (χ4v) is 1.49. The third-order valence-corrected chi connectivity index (χ3v) is 2.37. The molecule has 0 aliphatic heterocycles. The average Bonchev–Trinajstić information content (AvgIpc) is 2.02. The summed E-state index contributed by atoms with van der Waals surface area (Å²) < 4.78 is 0. The van der Waals surface area contributed by atoms with Crippen LogP contribution < -0.4 is 0 Å². The Hall–Kier alpha value is -0.0400. The highest BCUT2D eigenvalue weighted by Crippen LogP contribution is 2.28. The van der Waals surface area contributed by atoms with E-state index < -0.39 is 0 Å². The Bertz CT molecular complexity index is 90.9. The molecule has 1 heteroatoms. The number of unbranched alkanes of at least 4 members (excludes halogenated alkanes) is 1. The maximum Gasteiger partial charge on any atom is 0.0484 e. The van der Waals surface area contributed by atoms with Gasteiger partial charge in [-0.25, -0.2) is 0 Å². The highest BCUT2D eigenvalue weighted by Gasteiger charge is 2.20. The van der Waals surface area contributed by atoms with Crippen LogP contribution in [0.15, 0.2) is 0 Å². The summed E-state index contributed by atoms with van der Waals surface area (Å²) in [5.41, 5.74) is 0.199. The second-order valence-electron chi connectivity index (χ2n) is 3.82. The van der Waals surface area contributed by atoms with Gasteiger partial charge in [-0.05, 0) is 18.3 Å². The lowest BCUT2D eigenvalue weighted by Crippen LogP contribution is -2.20. The van der Waals surface area contributed by atoms with E-state index in [9.17, 15) is 0 Å². The smallest absolute Gasteiger partial charge is 0.0484 e. The zero-order valence-electron chi connectivity index (χ0n) is 8.19. The van der Waals surface area contributed by atoms with Gasteiger partial charge in [-0.3, -0.25) is 0 Å². The number of aliphatic hydroxyl groups excluding tert-OH is 1. The SMILES string of the molecule is CCCC[C@@](C)(CO)CCC. The van der Waals surface area contributed by atoms with Gasteiger partial charge in [-0.2, -0.15) is 0 Å². The molecule has 0 fully saturated rings. The van der Waals surface area contributed by atoms with Crippen LogP contribution in [0.1, 0.15) is 52.9 Å². The standard InChI is InChI=1S/C10H22O/c1-4-6-8-10(3,9-11)7-5-2/h11H,4-9H2,1-3H3/t10-/m0/s1. The van der Waals surface area contributed by atoms with Crippen molar-refractivity contribution in [3.63, 3.8) is 0 Å². The lowest BCUT2D eigenvalue weighted by atomic mass is 9.82. The van der Waals surface area contributed by atoms with E-state index in [4.69, 9.17) is 5.11 Å². The largest absolute Gasteiger partial charge is 0.396 e. The van der Waals surface area contributed by atoms with Crippen molar-refractivity contribution in [2.45, 2.75) is 52.9 Å². The van der Waals surface area contributed by atoms with Gasteiger partial charge in [-0.15, -0.1) is 0 Å². The van der Waals surface area contributed by atoms with Gasteiger partial charge >= 0.3 is 0 Å². The molecule has 0 amide bonds. The maximum absolute atomic E-state index is 9.14. The molecule has 0 spiro atoms. The molecule has 0 bridgehead atoms. The molecule has 0 unspecified atom stereocenters. The Morgan fingerprint density at radius 2 is 1.73 bits per heavy atom. The van der Waals surface area contributed by atoms with Crippen LogP contribution >= 0.6 is 0 Å². The predicted molar refractivity (Wildman–Crippen MR) is 49.6 cm³/mol. The van der Waals surface area contributed by atoms with E-state index in [-0.39, 0.29) is 5.41 Å². The Labute approximate surface area is 70.8 Å². The third-order valence-electron chi connectivity index (χ3n) is 2.37. The quantitative estimate of drug-likeness (QED) is 0.630. The first-order chi connectivity index (χ1) is 5.18. The van der Waals surface area contributed by atoms with Gasteiger partial charge in [0.2, 0.25) is 0 Å². The Morgan fingerprint density at radius 1 is 1.09 bits per heavy atom. The van der Waals surface area contributed by atoms with Crippen LogP contribution in [-0.2, 0) is 0 Å². The van der Waals surface area contributed by atoms with Crippen molar-refractivity contribution in [2.75, 3.05) is 6.61 Å². The maximum atomic E-state index is 9.14. The molecule has 0 aliphatic rings. The molecule has 0 aliphatic carbocycles. The Morgan fingerprint density at radius 3 is 2.09 bits per heavy atom. The summed E-state index contributed by atoms with van der Waals surface area (Å²) >= 11 is 0. The van der Waals surface area contributed by atoms with Gasteiger partial charge in [0.1, 0.15) is 0 Å². The van der Waals surface area contributed by atoms with Crippen LogP contribution in [0.3, 0.4) is 0 Å². The van der Waals surface area contributed by atoms with Gasteiger partial charge < -0.3 is 5.11 Å². The van der Waals surface area contributed by atoms with Crippen LogP contribution in [-0.4, -0.2) is 11.7 Å². The average molecular weight is 158 g/mol. The summed E-state index contributed by atoms with van der Waals surface area (Å²) in [6.07, 6.45) is 5.99. The van der Waals surface area contributed by atoms with Crippen molar-refractivity contribution >= 4 is 0 Å².